The van der Waals surface area contributed by atoms with Gasteiger partial charge in [0.05, 0.1) is 6.04 Å². The first-order valence-electron chi connectivity index (χ1n) is 8.51. The van der Waals surface area contributed by atoms with Gasteiger partial charge >= 0.3 is 0 Å². The quantitative estimate of drug-likeness (QED) is 0.329. The summed E-state index contributed by atoms with van der Waals surface area (Å²) in [5, 5.41) is 26.7. The first kappa shape index (κ1) is 19.8. The minimum atomic E-state index is -1.34. The standard InChI is InChI=1S/C16H21N7O5/c17-9(4-8-2-1-3-19-5-8)15(27)20-6-10-11(24)12(25)16(28-10)23-7-21-14(22-23)13(18)26/h1-3,5,7,9-12,16,24-25H,4,6,17H2,(H2,18,26)(H,20,27)/t9-,10+,11+,12+,16+/m0/s1. The zero-order valence-corrected chi connectivity index (χ0v) is 14.8. The van der Waals surface area contributed by atoms with Crippen molar-refractivity contribution in [2.24, 2.45) is 11.5 Å². The van der Waals surface area contributed by atoms with Crippen molar-refractivity contribution in [3.63, 3.8) is 0 Å². The molecule has 1 saturated heterocycles. The topological polar surface area (TPSA) is 192 Å². The summed E-state index contributed by atoms with van der Waals surface area (Å²) in [7, 11) is 0. The van der Waals surface area contributed by atoms with E-state index in [1.54, 1.807) is 18.5 Å². The SMILES string of the molecule is NC(=O)c1ncn([C@@H]2O[C@H](CNC(=O)[C@@H](N)Cc3cccnc3)[C@@H](O)[C@H]2O)n1. The van der Waals surface area contributed by atoms with Crippen LogP contribution in [0.2, 0.25) is 0 Å². The second kappa shape index (κ2) is 8.39. The van der Waals surface area contributed by atoms with Crippen molar-refractivity contribution in [2.45, 2.75) is 37.0 Å². The maximum atomic E-state index is 12.2. The van der Waals surface area contributed by atoms with Crippen molar-refractivity contribution in [3.05, 3.63) is 42.2 Å². The second-order valence-corrected chi connectivity index (χ2v) is 6.38. The average molecular weight is 391 g/mol. The Kier molecular flexibility index (Phi) is 5.94. The zero-order valence-electron chi connectivity index (χ0n) is 14.8. The monoisotopic (exact) mass is 391 g/mol. The molecule has 1 fully saturated rings. The molecular formula is C16H21N7O5. The average Bonchev–Trinajstić information content (AvgIpc) is 3.27. The summed E-state index contributed by atoms with van der Waals surface area (Å²) in [6.07, 6.45) is 0.0826. The van der Waals surface area contributed by atoms with Crippen LogP contribution in [-0.2, 0) is 16.0 Å². The van der Waals surface area contributed by atoms with Crippen molar-refractivity contribution in [1.82, 2.24) is 25.1 Å². The van der Waals surface area contributed by atoms with Crippen LogP contribution >= 0.6 is 0 Å². The van der Waals surface area contributed by atoms with Gasteiger partial charge in [-0.25, -0.2) is 9.67 Å². The molecule has 28 heavy (non-hydrogen) atoms. The molecule has 1 aliphatic heterocycles. The molecule has 0 aromatic carbocycles. The number of nitrogens with two attached hydrogens (primary N) is 2. The highest BCUT2D eigenvalue weighted by molar-refractivity contribution is 5.88. The van der Waals surface area contributed by atoms with Gasteiger partial charge < -0.3 is 31.7 Å². The Labute approximate surface area is 159 Å². The van der Waals surface area contributed by atoms with Crippen LogP contribution in [-0.4, -0.2) is 72.7 Å². The molecule has 5 atom stereocenters. The number of nitrogens with one attached hydrogen (secondary N) is 1. The number of aliphatic hydroxyl groups excluding tert-OH is 2. The van der Waals surface area contributed by atoms with E-state index < -0.39 is 42.4 Å². The second-order valence-electron chi connectivity index (χ2n) is 6.38. The van der Waals surface area contributed by atoms with E-state index in [-0.39, 0.29) is 12.4 Å². The molecule has 0 unspecified atom stereocenters. The molecule has 2 aromatic heterocycles. The van der Waals surface area contributed by atoms with E-state index in [1.165, 1.54) is 0 Å². The number of carbonyl (C=O) groups excluding carboxylic acids is 2. The number of carbonyl (C=O) groups is 2. The lowest BCUT2D eigenvalue weighted by Gasteiger charge is -2.17. The van der Waals surface area contributed by atoms with Gasteiger partial charge in [0.2, 0.25) is 11.7 Å². The molecule has 2 amide bonds. The Morgan fingerprint density at radius 3 is 2.79 bits per heavy atom. The van der Waals surface area contributed by atoms with Gasteiger partial charge in [0.1, 0.15) is 24.6 Å². The zero-order chi connectivity index (χ0) is 20.3. The summed E-state index contributed by atoms with van der Waals surface area (Å²) in [5.41, 5.74) is 11.8. The lowest BCUT2D eigenvalue weighted by Crippen LogP contribution is -2.46. The molecule has 150 valence electrons. The van der Waals surface area contributed by atoms with Crippen molar-refractivity contribution in [2.75, 3.05) is 6.54 Å². The first-order chi connectivity index (χ1) is 13.4. The number of aliphatic hydroxyl groups is 2. The molecule has 0 aliphatic carbocycles. The predicted octanol–water partition coefficient (Wildman–Crippen LogP) is -2.92. The Morgan fingerprint density at radius 1 is 1.36 bits per heavy atom. The van der Waals surface area contributed by atoms with Crippen molar-refractivity contribution in [1.29, 1.82) is 0 Å². The minimum absolute atomic E-state index is 0.0777. The summed E-state index contributed by atoms with van der Waals surface area (Å²) in [4.78, 5) is 30.9. The largest absolute Gasteiger partial charge is 0.387 e. The van der Waals surface area contributed by atoms with Gasteiger partial charge in [-0.2, -0.15) is 0 Å². The summed E-state index contributed by atoms with van der Waals surface area (Å²) in [6.45, 7) is -0.0777. The molecule has 0 saturated carbocycles. The van der Waals surface area contributed by atoms with E-state index in [2.05, 4.69) is 20.4 Å². The fourth-order valence-corrected chi connectivity index (χ4v) is 2.82. The summed E-state index contributed by atoms with van der Waals surface area (Å²) in [6, 6.07) is 2.75. The molecule has 2 aromatic rings. The van der Waals surface area contributed by atoms with Crippen LogP contribution < -0.4 is 16.8 Å². The molecule has 3 rings (SSSR count). The summed E-state index contributed by atoms with van der Waals surface area (Å²) < 4.78 is 6.64. The normalized spacial score (nSPS) is 25.4. The molecule has 0 radical (unpaired) electrons. The number of rotatable bonds is 7. The third-order valence-electron chi connectivity index (χ3n) is 4.32. The lowest BCUT2D eigenvalue weighted by molar-refractivity contribution is -0.123. The lowest BCUT2D eigenvalue weighted by atomic mass is 10.1. The van der Waals surface area contributed by atoms with Crippen LogP contribution in [0.1, 0.15) is 22.4 Å². The van der Waals surface area contributed by atoms with Gasteiger partial charge in [-0.05, 0) is 18.1 Å². The number of aromatic nitrogens is 4. The van der Waals surface area contributed by atoms with Crippen LogP contribution in [0, 0.1) is 0 Å². The van der Waals surface area contributed by atoms with E-state index in [9.17, 15) is 19.8 Å². The van der Waals surface area contributed by atoms with Crippen LogP contribution in [0.25, 0.3) is 0 Å². The van der Waals surface area contributed by atoms with Gasteiger partial charge in [-0.1, -0.05) is 6.07 Å². The summed E-state index contributed by atoms with van der Waals surface area (Å²) >= 11 is 0. The number of hydrogen-bond acceptors (Lipinski definition) is 9. The highest BCUT2D eigenvalue weighted by Crippen LogP contribution is 2.28. The Morgan fingerprint density at radius 2 is 2.14 bits per heavy atom. The molecule has 7 N–H and O–H groups in total. The molecular weight excluding hydrogens is 370 g/mol. The van der Waals surface area contributed by atoms with E-state index in [0.29, 0.717) is 6.42 Å². The smallest absolute Gasteiger partial charge is 0.288 e. The van der Waals surface area contributed by atoms with Crippen LogP contribution in [0.4, 0.5) is 0 Å². The van der Waals surface area contributed by atoms with Gasteiger partial charge in [-0.3, -0.25) is 14.6 Å². The summed E-state index contributed by atoms with van der Waals surface area (Å²) in [5.74, 6) is -1.52. The van der Waals surface area contributed by atoms with E-state index in [1.807, 2.05) is 6.07 Å². The number of amides is 2. The number of hydrogen-bond donors (Lipinski definition) is 5. The van der Waals surface area contributed by atoms with Crippen molar-refractivity contribution in [3.8, 4) is 0 Å². The Bertz CT molecular complexity index is 830. The highest BCUT2D eigenvalue weighted by Gasteiger charge is 2.44. The van der Waals surface area contributed by atoms with Crippen molar-refractivity contribution >= 4 is 11.8 Å². The molecule has 0 spiro atoms. The Balaban J connectivity index is 1.55. The number of primary amides is 1. The molecule has 0 bridgehead atoms. The van der Waals surface area contributed by atoms with E-state index >= 15 is 0 Å². The van der Waals surface area contributed by atoms with Gasteiger partial charge in [0.15, 0.2) is 6.23 Å². The molecule has 12 nitrogen and oxygen atoms in total. The first-order valence-corrected chi connectivity index (χ1v) is 8.51. The van der Waals surface area contributed by atoms with E-state index in [4.69, 9.17) is 16.2 Å². The Hall–Kier alpha value is -2.93. The van der Waals surface area contributed by atoms with Crippen LogP contribution in [0.3, 0.4) is 0 Å². The van der Waals surface area contributed by atoms with Crippen LogP contribution in [0.5, 0.6) is 0 Å². The van der Waals surface area contributed by atoms with Gasteiger partial charge in [0, 0.05) is 18.9 Å². The number of nitrogens with zero attached hydrogens (tertiary/aromatic N) is 4. The molecule has 1 aliphatic rings. The van der Waals surface area contributed by atoms with Gasteiger partial charge in [-0.15, -0.1) is 5.10 Å². The van der Waals surface area contributed by atoms with Crippen LogP contribution in [0.15, 0.2) is 30.9 Å². The fraction of sp³-hybridized carbons (Fsp3) is 0.438. The predicted molar refractivity (Wildman–Crippen MR) is 93.4 cm³/mol. The van der Waals surface area contributed by atoms with Crippen molar-refractivity contribution < 1.29 is 24.5 Å². The van der Waals surface area contributed by atoms with E-state index in [0.717, 1.165) is 16.6 Å². The highest BCUT2D eigenvalue weighted by atomic mass is 16.6. The minimum Gasteiger partial charge on any atom is -0.387 e. The molecule has 3 heterocycles. The molecule has 12 heteroatoms. The third-order valence-corrected chi connectivity index (χ3v) is 4.32. The maximum Gasteiger partial charge on any atom is 0.288 e. The third kappa shape index (κ3) is 4.31. The van der Waals surface area contributed by atoms with Gasteiger partial charge in [0.25, 0.3) is 5.91 Å². The number of pyridine rings is 1. The fourth-order valence-electron chi connectivity index (χ4n) is 2.82. The maximum absolute atomic E-state index is 12.2. The number of ether oxygens (including phenoxy) is 1.